The molecule has 2 atom stereocenters. The highest BCUT2D eigenvalue weighted by Crippen LogP contribution is 2.11. The molecule has 0 radical (unpaired) electrons. The van der Waals surface area contributed by atoms with Crippen LogP contribution in [0.2, 0.25) is 0 Å². The first-order valence-corrected chi connectivity index (χ1v) is 5.08. The van der Waals surface area contributed by atoms with Crippen molar-refractivity contribution in [1.82, 2.24) is 15.6 Å². The Morgan fingerprint density at radius 3 is 2.61 bits per heavy atom. The molecule has 1 aliphatic heterocycles. The highest BCUT2D eigenvalue weighted by atomic mass is 16.3. The van der Waals surface area contributed by atoms with Gasteiger partial charge < -0.3 is 15.7 Å². The standard InChI is InChI=1S/C10H10N4O4/c15-7(12-5-1-3-11-4-2-5)6-8(16)13-10(18)14-9(6)17/h1-4,6,8,16H,(H,11,12,15)(H2,13,14,17,18). The van der Waals surface area contributed by atoms with Gasteiger partial charge in [0.25, 0.3) is 0 Å². The van der Waals surface area contributed by atoms with E-state index in [0.717, 1.165) is 0 Å². The Labute approximate surface area is 101 Å². The molecule has 0 spiro atoms. The van der Waals surface area contributed by atoms with Gasteiger partial charge in [0.1, 0.15) is 6.23 Å². The van der Waals surface area contributed by atoms with Gasteiger partial charge in [0, 0.05) is 18.1 Å². The number of pyridine rings is 1. The highest BCUT2D eigenvalue weighted by molar-refractivity contribution is 6.12. The molecule has 0 aromatic carbocycles. The molecular formula is C10H10N4O4. The zero-order valence-corrected chi connectivity index (χ0v) is 9.08. The van der Waals surface area contributed by atoms with E-state index in [1.807, 2.05) is 10.6 Å². The number of urea groups is 1. The molecule has 0 aliphatic carbocycles. The van der Waals surface area contributed by atoms with Crippen molar-refractivity contribution >= 4 is 23.5 Å². The molecule has 0 bridgehead atoms. The van der Waals surface area contributed by atoms with Crippen LogP contribution in [-0.2, 0) is 9.59 Å². The lowest BCUT2D eigenvalue weighted by atomic mass is 10.0. The number of imide groups is 1. The fourth-order valence-corrected chi connectivity index (χ4v) is 1.50. The summed E-state index contributed by atoms with van der Waals surface area (Å²) in [6.45, 7) is 0. The Morgan fingerprint density at radius 1 is 1.33 bits per heavy atom. The monoisotopic (exact) mass is 250 g/mol. The van der Waals surface area contributed by atoms with E-state index in [1.54, 1.807) is 0 Å². The molecule has 1 aliphatic rings. The third kappa shape index (κ3) is 2.43. The Kier molecular flexibility index (Phi) is 3.20. The zero-order valence-electron chi connectivity index (χ0n) is 9.08. The Balaban J connectivity index is 2.09. The predicted molar refractivity (Wildman–Crippen MR) is 59.0 cm³/mol. The first kappa shape index (κ1) is 12.0. The lowest BCUT2D eigenvalue weighted by Crippen LogP contribution is -2.61. The molecule has 8 heteroatoms. The molecule has 1 aromatic heterocycles. The average molecular weight is 250 g/mol. The van der Waals surface area contributed by atoms with Gasteiger partial charge in [-0.2, -0.15) is 0 Å². The van der Waals surface area contributed by atoms with E-state index >= 15 is 0 Å². The second kappa shape index (κ2) is 4.80. The van der Waals surface area contributed by atoms with Crippen LogP contribution in [0.15, 0.2) is 24.5 Å². The maximum Gasteiger partial charge on any atom is 0.323 e. The quantitative estimate of drug-likeness (QED) is 0.491. The van der Waals surface area contributed by atoms with Crippen LogP contribution < -0.4 is 16.0 Å². The number of nitrogens with zero attached hydrogens (tertiary/aromatic N) is 1. The van der Waals surface area contributed by atoms with Crippen molar-refractivity contribution in [2.45, 2.75) is 6.23 Å². The van der Waals surface area contributed by atoms with Crippen molar-refractivity contribution in [2.24, 2.45) is 5.92 Å². The predicted octanol–water partition coefficient (Wildman–Crippen LogP) is -1.21. The van der Waals surface area contributed by atoms with Gasteiger partial charge in [-0.15, -0.1) is 0 Å². The minimum atomic E-state index is -1.55. The fourth-order valence-electron chi connectivity index (χ4n) is 1.50. The van der Waals surface area contributed by atoms with Gasteiger partial charge in [0.05, 0.1) is 0 Å². The van der Waals surface area contributed by atoms with Crippen LogP contribution in [0.4, 0.5) is 10.5 Å². The largest absolute Gasteiger partial charge is 0.372 e. The number of amides is 4. The summed E-state index contributed by atoms with van der Waals surface area (Å²) in [6, 6.07) is 2.23. The van der Waals surface area contributed by atoms with E-state index in [4.69, 9.17) is 0 Å². The minimum absolute atomic E-state index is 0.437. The molecular weight excluding hydrogens is 240 g/mol. The van der Waals surface area contributed by atoms with E-state index in [2.05, 4.69) is 10.3 Å². The van der Waals surface area contributed by atoms with Gasteiger partial charge in [-0.1, -0.05) is 0 Å². The van der Waals surface area contributed by atoms with Crippen molar-refractivity contribution in [2.75, 3.05) is 5.32 Å². The lowest BCUT2D eigenvalue weighted by molar-refractivity contribution is -0.138. The molecule has 2 rings (SSSR count). The van der Waals surface area contributed by atoms with Gasteiger partial charge in [-0.05, 0) is 12.1 Å². The van der Waals surface area contributed by atoms with Crippen LogP contribution in [0, 0.1) is 5.92 Å². The van der Waals surface area contributed by atoms with Crippen LogP contribution in [-0.4, -0.2) is 34.2 Å². The van der Waals surface area contributed by atoms with Crippen molar-refractivity contribution in [1.29, 1.82) is 0 Å². The summed E-state index contributed by atoms with van der Waals surface area (Å²) in [4.78, 5) is 37.9. The van der Waals surface area contributed by atoms with E-state index in [-0.39, 0.29) is 0 Å². The number of carbonyl (C=O) groups excluding carboxylic acids is 3. The number of carbonyl (C=O) groups is 3. The summed E-state index contributed by atoms with van der Waals surface area (Å²) in [5.74, 6) is -2.96. The smallest absolute Gasteiger partial charge is 0.323 e. The molecule has 2 heterocycles. The topological polar surface area (TPSA) is 120 Å². The van der Waals surface area contributed by atoms with Crippen molar-refractivity contribution in [3.63, 3.8) is 0 Å². The number of aliphatic hydroxyl groups excluding tert-OH is 1. The summed E-state index contributed by atoms with van der Waals surface area (Å²) in [7, 11) is 0. The third-order valence-corrected chi connectivity index (χ3v) is 2.34. The minimum Gasteiger partial charge on any atom is -0.372 e. The SMILES string of the molecule is O=C1NC(=O)C(C(=O)Nc2ccncc2)C(O)N1. The van der Waals surface area contributed by atoms with Gasteiger partial charge >= 0.3 is 6.03 Å². The molecule has 8 nitrogen and oxygen atoms in total. The average Bonchev–Trinajstić information content (AvgIpc) is 2.28. The van der Waals surface area contributed by atoms with Crippen LogP contribution in [0.1, 0.15) is 0 Å². The fraction of sp³-hybridized carbons (Fsp3) is 0.200. The number of anilines is 1. The molecule has 4 amide bonds. The lowest BCUT2D eigenvalue weighted by Gasteiger charge is -2.26. The van der Waals surface area contributed by atoms with Crippen molar-refractivity contribution in [3.05, 3.63) is 24.5 Å². The molecule has 1 fully saturated rings. The number of aliphatic hydroxyl groups is 1. The number of nitrogens with one attached hydrogen (secondary N) is 3. The molecule has 1 aromatic rings. The number of aromatic nitrogens is 1. The summed E-state index contributed by atoms with van der Waals surface area (Å²) in [6.07, 6.45) is 1.39. The molecule has 94 valence electrons. The summed E-state index contributed by atoms with van der Waals surface area (Å²) >= 11 is 0. The molecule has 0 saturated carbocycles. The third-order valence-electron chi connectivity index (χ3n) is 2.34. The van der Waals surface area contributed by atoms with Gasteiger partial charge in [0.2, 0.25) is 11.8 Å². The second-order valence-electron chi connectivity index (χ2n) is 3.61. The van der Waals surface area contributed by atoms with E-state index in [1.165, 1.54) is 24.5 Å². The van der Waals surface area contributed by atoms with Gasteiger partial charge in [-0.25, -0.2) is 4.79 Å². The van der Waals surface area contributed by atoms with E-state index < -0.39 is 30.0 Å². The summed E-state index contributed by atoms with van der Waals surface area (Å²) < 4.78 is 0. The molecule has 18 heavy (non-hydrogen) atoms. The van der Waals surface area contributed by atoms with Crippen LogP contribution >= 0.6 is 0 Å². The van der Waals surface area contributed by atoms with Gasteiger partial charge in [0.15, 0.2) is 5.92 Å². The maximum atomic E-state index is 11.8. The first-order valence-electron chi connectivity index (χ1n) is 5.08. The zero-order chi connectivity index (χ0) is 13.1. The van der Waals surface area contributed by atoms with Crippen LogP contribution in [0.5, 0.6) is 0 Å². The number of rotatable bonds is 2. The molecule has 4 N–H and O–H groups in total. The second-order valence-corrected chi connectivity index (χ2v) is 3.61. The van der Waals surface area contributed by atoms with Crippen molar-refractivity contribution in [3.8, 4) is 0 Å². The normalized spacial score (nSPS) is 22.9. The maximum absolute atomic E-state index is 11.8. The Bertz CT molecular complexity index is 490. The summed E-state index contributed by atoms with van der Waals surface area (Å²) in [5.41, 5.74) is 0.437. The van der Waals surface area contributed by atoms with Crippen LogP contribution in [0.3, 0.4) is 0 Å². The van der Waals surface area contributed by atoms with Crippen LogP contribution in [0.25, 0.3) is 0 Å². The summed E-state index contributed by atoms with van der Waals surface area (Å²) in [5, 5.41) is 15.9. The van der Waals surface area contributed by atoms with E-state index in [0.29, 0.717) is 5.69 Å². The number of hydrogen-bond donors (Lipinski definition) is 4. The van der Waals surface area contributed by atoms with Crippen molar-refractivity contribution < 1.29 is 19.5 Å². The Morgan fingerprint density at radius 2 is 2.00 bits per heavy atom. The molecule has 2 unspecified atom stereocenters. The number of hydrogen-bond acceptors (Lipinski definition) is 5. The molecule has 1 saturated heterocycles. The van der Waals surface area contributed by atoms with Gasteiger partial charge in [-0.3, -0.25) is 19.9 Å². The Hall–Kier alpha value is -2.48. The van der Waals surface area contributed by atoms with E-state index in [9.17, 15) is 19.5 Å². The highest BCUT2D eigenvalue weighted by Gasteiger charge is 2.39. The first-order chi connectivity index (χ1) is 8.58.